The van der Waals surface area contributed by atoms with Crippen molar-refractivity contribution in [3.63, 3.8) is 0 Å². The molecule has 3 nitrogen and oxygen atoms in total. The van der Waals surface area contributed by atoms with Crippen LogP contribution in [0.5, 0.6) is 0 Å². The van der Waals surface area contributed by atoms with Crippen molar-refractivity contribution in [3.05, 3.63) is 20.8 Å². The molecule has 1 rings (SSSR count). The first-order valence-corrected chi connectivity index (χ1v) is 4.21. The Morgan fingerprint density at radius 3 is 2.83 bits per heavy atom. The van der Waals surface area contributed by atoms with Gasteiger partial charge in [0, 0.05) is 0 Å². The highest BCUT2D eigenvalue weighted by molar-refractivity contribution is 7.16. The predicted molar refractivity (Wildman–Crippen MR) is 46.1 cm³/mol. The maximum absolute atomic E-state index is 10.9. The Bertz CT molecular complexity index is 318. The molecule has 0 unspecified atom stereocenters. The van der Waals surface area contributed by atoms with E-state index in [4.69, 9.17) is 11.6 Å². The average molecular weight is 205 g/mol. The quantitative estimate of drug-likeness (QED) is 0.547. The molecule has 1 aromatic rings. The SMILES string of the molecule is COC(=O)c1cc(Cl)c(C=O)s1. The summed E-state index contributed by atoms with van der Waals surface area (Å²) >= 11 is 6.64. The summed E-state index contributed by atoms with van der Waals surface area (Å²) < 4.78 is 4.45. The van der Waals surface area contributed by atoms with Crippen molar-refractivity contribution < 1.29 is 14.3 Å². The first kappa shape index (κ1) is 9.22. The molecule has 1 aromatic heterocycles. The molecule has 0 fully saturated rings. The van der Waals surface area contributed by atoms with Crippen LogP contribution in [0.2, 0.25) is 5.02 Å². The van der Waals surface area contributed by atoms with Crippen molar-refractivity contribution in [2.75, 3.05) is 7.11 Å². The summed E-state index contributed by atoms with van der Waals surface area (Å²) in [7, 11) is 1.27. The predicted octanol–water partition coefficient (Wildman–Crippen LogP) is 2.00. The number of rotatable bonds is 2. The standard InChI is InChI=1S/C7H5ClO3S/c1-11-7(10)5-2-4(8)6(3-9)12-5/h2-3H,1H3. The highest BCUT2D eigenvalue weighted by atomic mass is 35.5. The molecule has 5 heteroatoms. The van der Waals surface area contributed by atoms with Crippen molar-refractivity contribution in [2.45, 2.75) is 0 Å². The minimum Gasteiger partial charge on any atom is -0.465 e. The molecule has 0 N–H and O–H groups in total. The van der Waals surface area contributed by atoms with Crippen LogP contribution in [-0.2, 0) is 4.74 Å². The Morgan fingerprint density at radius 2 is 2.42 bits per heavy atom. The number of halogens is 1. The Morgan fingerprint density at radius 1 is 1.75 bits per heavy atom. The van der Waals surface area contributed by atoms with E-state index in [1.165, 1.54) is 13.2 Å². The van der Waals surface area contributed by atoms with Crippen LogP contribution in [0.4, 0.5) is 0 Å². The monoisotopic (exact) mass is 204 g/mol. The van der Waals surface area contributed by atoms with Gasteiger partial charge in [-0.2, -0.15) is 0 Å². The second-order valence-electron chi connectivity index (χ2n) is 1.93. The van der Waals surface area contributed by atoms with Gasteiger partial charge in [-0.3, -0.25) is 4.79 Å². The van der Waals surface area contributed by atoms with E-state index in [0.717, 1.165) is 11.3 Å². The molecule has 0 spiro atoms. The molecule has 0 saturated heterocycles. The lowest BCUT2D eigenvalue weighted by atomic mass is 10.4. The average Bonchev–Trinajstić information content (AvgIpc) is 2.45. The molecule has 0 saturated carbocycles. The minimum atomic E-state index is -0.477. The second kappa shape index (κ2) is 3.69. The maximum Gasteiger partial charge on any atom is 0.348 e. The van der Waals surface area contributed by atoms with Crippen molar-refractivity contribution in [1.82, 2.24) is 0 Å². The van der Waals surface area contributed by atoms with E-state index in [1.54, 1.807) is 0 Å². The number of hydrogen-bond donors (Lipinski definition) is 0. The van der Waals surface area contributed by atoms with Gasteiger partial charge in [0.2, 0.25) is 0 Å². The van der Waals surface area contributed by atoms with E-state index in [2.05, 4.69) is 4.74 Å². The first-order valence-electron chi connectivity index (χ1n) is 3.02. The third-order valence-corrected chi connectivity index (χ3v) is 2.67. The molecule has 0 bridgehead atoms. The number of ether oxygens (including phenoxy) is 1. The number of carbonyl (C=O) groups excluding carboxylic acids is 2. The van der Waals surface area contributed by atoms with Gasteiger partial charge in [-0.25, -0.2) is 4.79 Å². The zero-order chi connectivity index (χ0) is 9.14. The van der Waals surface area contributed by atoms with Crippen LogP contribution >= 0.6 is 22.9 Å². The number of thiophene rings is 1. The Balaban J connectivity index is 3.04. The van der Waals surface area contributed by atoms with Crippen LogP contribution in [0.25, 0.3) is 0 Å². The van der Waals surface area contributed by atoms with Crippen LogP contribution in [0.3, 0.4) is 0 Å². The number of carbonyl (C=O) groups is 2. The van der Waals surface area contributed by atoms with Crippen LogP contribution in [0, 0.1) is 0 Å². The summed E-state index contributed by atoms with van der Waals surface area (Å²) in [4.78, 5) is 21.9. The molecule has 1 heterocycles. The molecular weight excluding hydrogens is 200 g/mol. The van der Waals surface area contributed by atoms with Gasteiger partial charge in [-0.15, -0.1) is 11.3 Å². The summed E-state index contributed by atoms with van der Waals surface area (Å²) in [6.07, 6.45) is 0.611. The van der Waals surface area contributed by atoms with Gasteiger partial charge in [-0.1, -0.05) is 11.6 Å². The molecule has 0 aliphatic rings. The zero-order valence-corrected chi connectivity index (χ0v) is 7.74. The van der Waals surface area contributed by atoms with Crippen LogP contribution < -0.4 is 0 Å². The van der Waals surface area contributed by atoms with Crippen molar-refractivity contribution in [1.29, 1.82) is 0 Å². The van der Waals surface area contributed by atoms with Gasteiger partial charge in [0.25, 0.3) is 0 Å². The molecule has 12 heavy (non-hydrogen) atoms. The van der Waals surface area contributed by atoms with E-state index >= 15 is 0 Å². The summed E-state index contributed by atoms with van der Waals surface area (Å²) in [6, 6.07) is 1.42. The molecule has 0 atom stereocenters. The largest absolute Gasteiger partial charge is 0.465 e. The number of esters is 1. The van der Waals surface area contributed by atoms with E-state index < -0.39 is 5.97 Å². The van der Waals surface area contributed by atoms with E-state index in [0.29, 0.717) is 16.0 Å². The molecular formula is C7H5ClO3S. The van der Waals surface area contributed by atoms with E-state index in [1.807, 2.05) is 0 Å². The Kier molecular flexibility index (Phi) is 2.83. The molecule has 0 radical (unpaired) electrons. The van der Waals surface area contributed by atoms with Gasteiger partial charge in [0.15, 0.2) is 6.29 Å². The molecule has 0 aliphatic carbocycles. The van der Waals surface area contributed by atoms with E-state index in [-0.39, 0.29) is 5.02 Å². The van der Waals surface area contributed by atoms with E-state index in [9.17, 15) is 9.59 Å². The zero-order valence-electron chi connectivity index (χ0n) is 6.17. The Hall–Kier alpha value is -0.870. The highest BCUT2D eigenvalue weighted by Crippen LogP contribution is 2.25. The van der Waals surface area contributed by atoms with Crippen molar-refractivity contribution in [2.24, 2.45) is 0 Å². The topological polar surface area (TPSA) is 43.4 Å². The first-order chi connectivity index (χ1) is 5.69. The number of hydrogen-bond acceptors (Lipinski definition) is 4. The van der Waals surface area contributed by atoms with Crippen molar-refractivity contribution >= 4 is 35.2 Å². The lowest BCUT2D eigenvalue weighted by molar-refractivity contribution is 0.0606. The van der Waals surface area contributed by atoms with Crippen molar-refractivity contribution in [3.8, 4) is 0 Å². The fourth-order valence-corrected chi connectivity index (χ4v) is 1.78. The third-order valence-electron chi connectivity index (χ3n) is 1.21. The normalized spacial score (nSPS) is 9.50. The summed E-state index contributed by atoms with van der Waals surface area (Å²) in [6.45, 7) is 0. The fourth-order valence-electron chi connectivity index (χ4n) is 0.664. The number of methoxy groups -OCH3 is 1. The molecule has 0 amide bonds. The van der Waals surface area contributed by atoms with Crippen LogP contribution in [-0.4, -0.2) is 19.4 Å². The summed E-state index contributed by atoms with van der Waals surface area (Å²) in [5.41, 5.74) is 0. The second-order valence-corrected chi connectivity index (χ2v) is 3.42. The lowest BCUT2D eigenvalue weighted by Gasteiger charge is -1.90. The number of aldehydes is 1. The maximum atomic E-state index is 10.9. The lowest BCUT2D eigenvalue weighted by Crippen LogP contribution is -1.96. The van der Waals surface area contributed by atoms with Gasteiger partial charge in [0.05, 0.1) is 17.0 Å². The fraction of sp³-hybridized carbons (Fsp3) is 0.143. The van der Waals surface area contributed by atoms with Gasteiger partial charge < -0.3 is 4.74 Å². The Labute approximate surface area is 77.9 Å². The van der Waals surface area contributed by atoms with Gasteiger partial charge in [-0.05, 0) is 6.07 Å². The molecule has 0 aromatic carbocycles. The minimum absolute atomic E-state index is 0.287. The van der Waals surface area contributed by atoms with Crippen LogP contribution in [0.1, 0.15) is 19.3 Å². The summed E-state index contributed by atoms with van der Waals surface area (Å²) in [5, 5.41) is 0.287. The smallest absolute Gasteiger partial charge is 0.348 e. The summed E-state index contributed by atoms with van der Waals surface area (Å²) in [5.74, 6) is -0.477. The third kappa shape index (κ3) is 1.65. The molecule has 64 valence electrons. The van der Waals surface area contributed by atoms with Gasteiger partial charge in [0.1, 0.15) is 4.88 Å². The molecule has 0 aliphatic heterocycles. The van der Waals surface area contributed by atoms with Gasteiger partial charge >= 0.3 is 5.97 Å². The highest BCUT2D eigenvalue weighted by Gasteiger charge is 2.12. The van der Waals surface area contributed by atoms with Crippen LogP contribution in [0.15, 0.2) is 6.07 Å².